The molecule has 0 radical (unpaired) electrons. The number of nitrogens with one attached hydrogen (secondary N) is 1. The summed E-state index contributed by atoms with van der Waals surface area (Å²) in [6.45, 7) is 9.79. The summed E-state index contributed by atoms with van der Waals surface area (Å²) >= 11 is 0. The molecule has 0 spiro atoms. The Labute approximate surface area is 142 Å². The number of rotatable bonds is 4. The third-order valence-electron chi connectivity index (χ3n) is 4.57. The lowest BCUT2D eigenvalue weighted by Crippen LogP contribution is -2.52. The number of ether oxygens (including phenoxy) is 2. The first-order valence-electron chi connectivity index (χ1n) is 8.68. The van der Waals surface area contributed by atoms with Gasteiger partial charge in [0.25, 0.3) is 0 Å². The van der Waals surface area contributed by atoms with Gasteiger partial charge in [-0.25, -0.2) is 0 Å². The monoisotopic (exact) mass is 334 g/mol. The number of carbonyl (C=O) groups excluding carboxylic acids is 1. The van der Waals surface area contributed by atoms with E-state index in [9.17, 15) is 4.79 Å². The molecule has 24 heavy (non-hydrogen) atoms. The lowest BCUT2D eigenvalue weighted by Gasteiger charge is -2.37. The van der Waals surface area contributed by atoms with E-state index < -0.39 is 0 Å². The van der Waals surface area contributed by atoms with E-state index in [0.29, 0.717) is 13.2 Å². The molecule has 1 aromatic rings. The second-order valence-electron chi connectivity index (χ2n) is 6.11. The number of fused-ring (bicyclic) bond motifs is 1. The Kier molecular flexibility index (Phi) is 5.52. The lowest BCUT2D eigenvalue weighted by molar-refractivity contribution is -0.149. The quantitative estimate of drug-likeness (QED) is 0.811. The van der Waals surface area contributed by atoms with Gasteiger partial charge in [0, 0.05) is 44.8 Å². The van der Waals surface area contributed by atoms with Crippen LogP contribution in [0.4, 0.5) is 5.82 Å². The molecule has 2 aliphatic rings. The first kappa shape index (κ1) is 17.0. The van der Waals surface area contributed by atoms with Crippen LogP contribution in [-0.2, 0) is 16.1 Å². The van der Waals surface area contributed by atoms with E-state index in [1.165, 1.54) is 0 Å². The topological polar surface area (TPSA) is 66.9 Å². The van der Waals surface area contributed by atoms with Crippen LogP contribution in [-0.4, -0.2) is 67.8 Å². The Bertz CT molecular complexity index is 573. The predicted molar refractivity (Wildman–Crippen MR) is 91.3 cm³/mol. The Morgan fingerprint density at radius 3 is 2.92 bits per heavy atom. The molecule has 7 heteroatoms. The fourth-order valence-electron chi connectivity index (χ4n) is 3.09. The summed E-state index contributed by atoms with van der Waals surface area (Å²) < 4.78 is 10.8. The smallest absolute Gasteiger partial charge is 0.323 e. The highest BCUT2D eigenvalue weighted by atomic mass is 16.5. The molecule has 3 heterocycles. The highest BCUT2D eigenvalue weighted by molar-refractivity contribution is 5.75. The first-order valence-corrected chi connectivity index (χ1v) is 8.68. The Balaban J connectivity index is 1.60. The number of anilines is 1. The van der Waals surface area contributed by atoms with Gasteiger partial charge in [-0.15, -0.1) is 0 Å². The molecule has 0 amide bonds. The minimum absolute atomic E-state index is 0.144. The van der Waals surface area contributed by atoms with Gasteiger partial charge in [-0.1, -0.05) is 0 Å². The van der Waals surface area contributed by atoms with E-state index in [-0.39, 0.29) is 12.0 Å². The first-order chi connectivity index (χ1) is 11.7. The largest absolute Gasteiger partial charge is 0.476 e. The fraction of sp³-hybridized carbons (Fsp3) is 0.647. The summed E-state index contributed by atoms with van der Waals surface area (Å²) in [7, 11) is 0. The Morgan fingerprint density at radius 1 is 1.38 bits per heavy atom. The van der Waals surface area contributed by atoms with Crippen molar-refractivity contribution in [3.8, 4) is 5.88 Å². The molecule has 1 atom stereocenters. The van der Waals surface area contributed by atoms with Crippen LogP contribution in [0.1, 0.15) is 19.4 Å². The molecule has 3 rings (SSSR count). The zero-order valence-electron chi connectivity index (χ0n) is 14.5. The van der Waals surface area contributed by atoms with Crippen molar-refractivity contribution in [1.82, 2.24) is 15.2 Å². The highest BCUT2D eigenvalue weighted by Crippen LogP contribution is 2.23. The van der Waals surface area contributed by atoms with Gasteiger partial charge >= 0.3 is 5.97 Å². The van der Waals surface area contributed by atoms with Crippen molar-refractivity contribution in [1.29, 1.82) is 0 Å². The van der Waals surface area contributed by atoms with Crippen molar-refractivity contribution in [2.45, 2.75) is 26.4 Å². The average molecular weight is 334 g/mol. The van der Waals surface area contributed by atoms with E-state index in [2.05, 4.69) is 32.2 Å². The van der Waals surface area contributed by atoms with Crippen LogP contribution in [0.25, 0.3) is 0 Å². The molecule has 1 saturated heterocycles. The molecule has 132 valence electrons. The van der Waals surface area contributed by atoms with Crippen molar-refractivity contribution in [3.05, 3.63) is 17.7 Å². The molecule has 0 aliphatic carbocycles. The molecule has 1 aromatic heterocycles. The molecule has 7 nitrogen and oxygen atoms in total. The van der Waals surface area contributed by atoms with E-state index in [0.717, 1.165) is 56.5 Å². The number of hydrogen-bond acceptors (Lipinski definition) is 7. The van der Waals surface area contributed by atoms with Crippen LogP contribution in [0, 0.1) is 0 Å². The van der Waals surface area contributed by atoms with Gasteiger partial charge < -0.3 is 19.7 Å². The van der Waals surface area contributed by atoms with E-state index in [1.54, 1.807) is 0 Å². The number of hydrogen-bond donors (Lipinski definition) is 1. The van der Waals surface area contributed by atoms with Crippen LogP contribution in [0.5, 0.6) is 5.88 Å². The zero-order chi connectivity index (χ0) is 16.9. The van der Waals surface area contributed by atoms with Crippen LogP contribution >= 0.6 is 0 Å². The predicted octanol–water partition coefficient (Wildman–Crippen LogP) is 0.637. The van der Waals surface area contributed by atoms with E-state index in [4.69, 9.17) is 9.47 Å². The maximum atomic E-state index is 11.9. The van der Waals surface area contributed by atoms with Crippen molar-refractivity contribution >= 4 is 11.8 Å². The normalized spacial score (nSPS) is 19.8. The molecule has 1 N–H and O–H groups in total. The fourth-order valence-corrected chi connectivity index (χ4v) is 3.09. The second kappa shape index (κ2) is 7.81. The third kappa shape index (κ3) is 3.79. The van der Waals surface area contributed by atoms with Gasteiger partial charge in [-0.2, -0.15) is 4.98 Å². The summed E-state index contributed by atoms with van der Waals surface area (Å²) in [6, 6.07) is 3.95. The average Bonchev–Trinajstić information content (AvgIpc) is 2.86. The van der Waals surface area contributed by atoms with Gasteiger partial charge in [0.2, 0.25) is 5.88 Å². The molecule has 1 fully saturated rings. The summed E-state index contributed by atoms with van der Waals surface area (Å²) in [5, 5.41) is 3.31. The van der Waals surface area contributed by atoms with E-state index >= 15 is 0 Å². The van der Waals surface area contributed by atoms with Crippen molar-refractivity contribution in [2.75, 3.05) is 50.8 Å². The third-order valence-corrected chi connectivity index (χ3v) is 4.57. The van der Waals surface area contributed by atoms with Crippen LogP contribution in [0.3, 0.4) is 0 Å². The molecule has 0 saturated carbocycles. The molecule has 2 aliphatic heterocycles. The van der Waals surface area contributed by atoms with Crippen molar-refractivity contribution in [3.63, 3.8) is 0 Å². The van der Waals surface area contributed by atoms with Crippen LogP contribution < -0.4 is 15.0 Å². The molecule has 1 unspecified atom stereocenters. The Morgan fingerprint density at radius 2 is 2.17 bits per heavy atom. The maximum absolute atomic E-state index is 11.9. The maximum Gasteiger partial charge on any atom is 0.323 e. The zero-order valence-corrected chi connectivity index (χ0v) is 14.5. The van der Waals surface area contributed by atoms with Crippen LogP contribution in [0.15, 0.2) is 12.1 Å². The summed E-state index contributed by atoms with van der Waals surface area (Å²) in [5.41, 5.74) is 1.10. The standard InChI is InChI=1S/C17H26N4O3/c1-3-23-17(22)13(2)20-7-9-21(10-8-20)15-5-4-14-12-18-6-11-24-16(14)19-15/h4-5,13,18H,3,6-12H2,1-2H3. The molecule has 0 aromatic carbocycles. The second-order valence-corrected chi connectivity index (χ2v) is 6.11. The van der Waals surface area contributed by atoms with Gasteiger partial charge in [0.1, 0.15) is 18.5 Å². The number of esters is 1. The van der Waals surface area contributed by atoms with Gasteiger partial charge in [-0.3, -0.25) is 9.69 Å². The van der Waals surface area contributed by atoms with Crippen LogP contribution in [0.2, 0.25) is 0 Å². The van der Waals surface area contributed by atoms with Gasteiger partial charge in [-0.05, 0) is 26.0 Å². The SMILES string of the molecule is CCOC(=O)C(C)N1CCN(c2ccc3c(n2)OCCNC3)CC1. The molecule has 0 bridgehead atoms. The van der Waals surface area contributed by atoms with Gasteiger partial charge in [0.05, 0.1) is 6.61 Å². The minimum atomic E-state index is -0.193. The summed E-state index contributed by atoms with van der Waals surface area (Å²) in [5.74, 6) is 1.54. The number of piperazine rings is 1. The van der Waals surface area contributed by atoms with Crippen molar-refractivity contribution in [2.24, 2.45) is 0 Å². The Hall–Kier alpha value is -1.86. The number of aromatic nitrogens is 1. The highest BCUT2D eigenvalue weighted by Gasteiger charge is 2.27. The lowest BCUT2D eigenvalue weighted by atomic mass is 10.2. The number of carbonyl (C=O) groups is 1. The summed E-state index contributed by atoms with van der Waals surface area (Å²) in [4.78, 5) is 21.0. The van der Waals surface area contributed by atoms with Gasteiger partial charge in [0.15, 0.2) is 0 Å². The van der Waals surface area contributed by atoms with E-state index in [1.807, 2.05) is 13.8 Å². The minimum Gasteiger partial charge on any atom is -0.476 e. The van der Waals surface area contributed by atoms with Crippen molar-refractivity contribution < 1.29 is 14.3 Å². The number of nitrogens with zero attached hydrogens (tertiary/aromatic N) is 3. The molecular weight excluding hydrogens is 308 g/mol. The summed E-state index contributed by atoms with van der Waals surface area (Å²) in [6.07, 6.45) is 0. The molecular formula is C17H26N4O3. The number of pyridine rings is 1.